The van der Waals surface area contributed by atoms with Gasteiger partial charge in [0.25, 0.3) is 0 Å². The molecule has 0 spiro atoms. The van der Waals surface area contributed by atoms with Crippen molar-refractivity contribution in [3.63, 3.8) is 0 Å². The summed E-state index contributed by atoms with van der Waals surface area (Å²) in [5, 5.41) is 4.94. The van der Waals surface area contributed by atoms with E-state index in [0.29, 0.717) is 5.69 Å². The van der Waals surface area contributed by atoms with Crippen LogP contribution in [0.1, 0.15) is 0 Å². The van der Waals surface area contributed by atoms with Crippen molar-refractivity contribution in [2.45, 2.75) is 6.18 Å². The van der Waals surface area contributed by atoms with Crippen LogP contribution in [0.4, 0.5) is 18.9 Å². The minimum absolute atomic E-state index is 0.549. The molecule has 0 atom stereocenters. The number of fused-ring (bicyclic) bond motifs is 1. The molecule has 15 heavy (non-hydrogen) atoms. The lowest BCUT2D eigenvalue weighted by molar-refractivity contribution is -0.115. The number of halogens is 3. The van der Waals surface area contributed by atoms with E-state index in [9.17, 15) is 13.2 Å². The third-order valence-electron chi connectivity index (χ3n) is 1.96. The minimum atomic E-state index is -4.18. The normalized spacial score (nSPS) is 11.9. The van der Waals surface area contributed by atoms with Crippen LogP contribution in [-0.4, -0.2) is 12.7 Å². The summed E-state index contributed by atoms with van der Waals surface area (Å²) >= 11 is 1.43. The van der Waals surface area contributed by atoms with Gasteiger partial charge in [-0.2, -0.15) is 13.2 Å². The summed E-state index contributed by atoms with van der Waals surface area (Å²) in [6.45, 7) is -0.992. The number of hydrogen-bond donors (Lipinski definition) is 1. The van der Waals surface area contributed by atoms with Gasteiger partial charge in [-0.1, -0.05) is 18.2 Å². The van der Waals surface area contributed by atoms with Crippen molar-refractivity contribution in [2.24, 2.45) is 0 Å². The van der Waals surface area contributed by atoms with Gasteiger partial charge in [-0.15, -0.1) is 11.3 Å². The Labute approximate surface area is 88.5 Å². The summed E-state index contributed by atoms with van der Waals surface area (Å²) in [7, 11) is 0. The van der Waals surface area contributed by atoms with Gasteiger partial charge in [-0.25, -0.2) is 0 Å². The predicted molar refractivity (Wildman–Crippen MR) is 56.4 cm³/mol. The fourth-order valence-corrected chi connectivity index (χ4v) is 2.23. The molecule has 80 valence electrons. The van der Waals surface area contributed by atoms with E-state index in [0.717, 1.165) is 10.1 Å². The smallest absolute Gasteiger partial charge is 0.375 e. The molecule has 0 aliphatic heterocycles. The SMILES string of the molecule is FC(F)(F)CNc1csc2ccccc12. The molecule has 5 heteroatoms. The maximum atomic E-state index is 12.0. The van der Waals surface area contributed by atoms with Crippen LogP contribution < -0.4 is 5.32 Å². The Hall–Kier alpha value is -1.23. The standard InChI is InChI=1S/C10H8F3NS/c11-10(12,13)6-14-8-5-15-9-4-2-1-3-7(8)9/h1-5,14H,6H2. The topological polar surface area (TPSA) is 12.0 Å². The number of anilines is 1. The van der Waals surface area contributed by atoms with Crippen LogP contribution in [0.5, 0.6) is 0 Å². The van der Waals surface area contributed by atoms with Crippen molar-refractivity contribution in [3.8, 4) is 0 Å². The van der Waals surface area contributed by atoms with Crippen LogP contribution in [-0.2, 0) is 0 Å². The Morgan fingerprint density at radius 2 is 1.93 bits per heavy atom. The van der Waals surface area contributed by atoms with E-state index < -0.39 is 12.7 Å². The monoisotopic (exact) mass is 231 g/mol. The number of nitrogens with one attached hydrogen (secondary N) is 1. The van der Waals surface area contributed by atoms with Crippen LogP contribution >= 0.6 is 11.3 Å². The number of alkyl halides is 3. The Bertz CT molecular complexity index is 461. The molecule has 1 N–H and O–H groups in total. The molecule has 0 aliphatic rings. The first-order valence-electron chi connectivity index (χ1n) is 4.33. The Morgan fingerprint density at radius 1 is 1.20 bits per heavy atom. The average molecular weight is 231 g/mol. The highest BCUT2D eigenvalue weighted by atomic mass is 32.1. The van der Waals surface area contributed by atoms with Gasteiger partial charge in [0.1, 0.15) is 6.54 Å². The number of hydrogen-bond acceptors (Lipinski definition) is 2. The van der Waals surface area contributed by atoms with E-state index in [1.807, 2.05) is 24.3 Å². The first-order chi connectivity index (χ1) is 7.06. The molecule has 0 amide bonds. The zero-order valence-corrected chi connectivity index (χ0v) is 8.45. The molecule has 2 aromatic rings. The number of thiophene rings is 1. The second-order valence-electron chi connectivity index (χ2n) is 3.11. The lowest BCUT2D eigenvalue weighted by Gasteiger charge is -2.08. The zero-order chi connectivity index (χ0) is 10.9. The van der Waals surface area contributed by atoms with Gasteiger partial charge in [0.2, 0.25) is 0 Å². The van der Waals surface area contributed by atoms with Gasteiger partial charge >= 0.3 is 6.18 Å². The van der Waals surface area contributed by atoms with Crippen LogP contribution in [0.2, 0.25) is 0 Å². The van der Waals surface area contributed by atoms with Gasteiger partial charge in [-0.05, 0) is 6.07 Å². The summed E-state index contributed by atoms with van der Waals surface area (Å²) in [5.41, 5.74) is 0.549. The highest BCUT2D eigenvalue weighted by Crippen LogP contribution is 2.30. The highest BCUT2D eigenvalue weighted by molar-refractivity contribution is 7.17. The van der Waals surface area contributed by atoms with Crippen molar-refractivity contribution >= 4 is 27.1 Å². The van der Waals surface area contributed by atoms with E-state index >= 15 is 0 Å². The van der Waals surface area contributed by atoms with Crippen molar-refractivity contribution in [3.05, 3.63) is 29.6 Å². The largest absolute Gasteiger partial charge is 0.405 e. The van der Waals surface area contributed by atoms with Gasteiger partial charge in [-0.3, -0.25) is 0 Å². The average Bonchev–Trinajstić information content (AvgIpc) is 2.57. The summed E-state index contributed by atoms with van der Waals surface area (Å²) in [5.74, 6) is 0. The molecule has 1 heterocycles. The van der Waals surface area contributed by atoms with E-state index in [1.54, 1.807) is 5.38 Å². The van der Waals surface area contributed by atoms with Gasteiger partial charge < -0.3 is 5.32 Å². The summed E-state index contributed by atoms with van der Waals surface area (Å²) in [6, 6.07) is 7.38. The van der Waals surface area contributed by atoms with Gasteiger partial charge in [0.15, 0.2) is 0 Å². The molecular weight excluding hydrogens is 223 g/mol. The molecule has 1 nitrogen and oxygen atoms in total. The molecule has 1 aromatic carbocycles. The molecule has 0 unspecified atom stereocenters. The lowest BCUT2D eigenvalue weighted by atomic mass is 10.2. The molecular formula is C10H8F3NS. The predicted octanol–water partition coefficient (Wildman–Crippen LogP) is 3.88. The second-order valence-corrected chi connectivity index (χ2v) is 4.03. The number of benzene rings is 1. The Kier molecular flexibility index (Phi) is 2.56. The van der Waals surface area contributed by atoms with Crippen LogP contribution in [0.3, 0.4) is 0 Å². The van der Waals surface area contributed by atoms with Crippen molar-refractivity contribution in [1.82, 2.24) is 0 Å². The molecule has 0 saturated carbocycles. The minimum Gasteiger partial charge on any atom is -0.375 e. The van der Waals surface area contributed by atoms with Crippen molar-refractivity contribution in [1.29, 1.82) is 0 Å². The Balaban J connectivity index is 2.22. The fraction of sp³-hybridized carbons (Fsp3) is 0.200. The highest BCUT2D eigenvalue weighted by Gasteiger charge is 2.26. The third-order valence-corrected chi connectivity index (χ3v) is 2.92. The Morgan fingerprint density at radius 3 is 2.67 bits per heavy atom. The molecule has 0 bridgehead atoms. The second kappa shape index (κ2) is 3.73. The molecule has 2 rings (SSSR count). The van der Waals surface area contributed by atoms with Crippen LogP contribution in [0.25, 0.3) is 10.1 Å². The molecule has 1 aromatic heterocycles. The van der Waals surface area contributed by atoms with E-state index in [4.69, 9.17) is 0 Å². The molecule has 0 radical (unpaired) electrons. The maximum Gasteiger partial charge on any atom is 0.405 e. The van der Waals surface area contributed by atoms with Crippen LogP contribution in [0.15, 0.2) is 29.6 Å². The molecule has 0 saturated heterocycles. The molecule has 0 aliphatic carbocycles. The lowest BCUT2D eigenvalue weighted by Crippen LogP contribution is -2.21. The zero-order valence-electron chi connectivity index (χ0n) is 7.64. The van der Waals surface area contributed by atoms with E-state index in [-0.39, 0.29) is 0 Å². The van der Waals surface area contributed by atoms with Gasteiger partial charge in [0.05, 0.1) is 5.69 Å². The summed E-state index contributed by atoms with van der Waals surface area (Å²) < 4.78 is 37.0. The van der Waals surface area contributed by atoms with E-state index in [2.05, 4.69) is 5.32 Å². The van der Waals surface area contributed by atoms with E-state index in [1.165, 1.54) is 11.3 Å². The fourth-order valence-electron chi connectivity index (χ4n) is 1.31. The van der Waals surface area contributed by atoms with Crippen molar-refractivity contribution in [2.75, 3.05) is 11.9 Å². The van der Waals surface area contributed by atoms with Crippen LogP contribution in [0, 0.1) is 0 Å². The van der Waals surface area contributed by atoms with Crippen molar-refractivity contribution < 1.29 is 13.2 Å². The molecule has 0 fully saturated rings. The first kappa shape index (κ1) is 10.3. The quantitative estimate of drug-likeness (QED) is 0.827. The van der Waals surface area contributed by atoms with Gasteiger partial charge in [0, 0.05) is 15.5 Å². The third kappa shape index (κ3) is 2.41. The first-order valence-corrected chi connectivity index (χ1v) is 5.21. The summed E-state index contributed by atoms with van der Waals surface area (Å²) in [6.07, 6.45) is -4.18. The summed E-state index contributed by atoms with van der Waals surface area (Å²) in [4.78, 5) is 0. The maximum absolute atomic E-state index is 12.0. The number of rotatable bonds is 2.